The van der Waals surface area contributed by atoms with Crippen LogP contribution < -0.4 is 9.46 Å². The van der Waals surface area contributed by atoms with Gasteiger partial charge in [0.05, 0.1) is 0 Å². The van der Waals surface area contributed by atoms with Crippen molar-refractivity contribution in [3.8, 4) is 5.75 Å². The van der Waals surface area contributed by atoms with E-state index in [1.54, 1.807) is 0 Å². The Morgan fingerprint density at radius 2 is 1.62 bits per heavy atom. The van der Waals surface area contributed by atoms with Crippen molar-refractivity contribution in [2.45, 2.75) is 39.2 Å². The van der Waals surface area contributed by atoms with Crippen LogP contribution in [0.1, 0.15) is 38.1 Å². The molecular weight excluding hydrogens is 344 g/mol. The third-order valence-electron chi connectivity index (χ3n) is 2.98. The van der Waals surface area contributed by atoms with Gasteiger partial charge in [-0.3, -0.25) is 4.79 Å². The first kappa shape index (κ1) is 20.3. The molecule has 0 heterocycles. The van der Waals surface area contributed by atoms with Gasteiger partial charge in [0.15, 0.2) is 0 Å². The Labute approximate surface area is 140 Å². The molecule has 0 saturated heterocycles. The van der Waals surface area contributed by atoms with Gasteiger partial charge < -0.3 is 9.47 Å². The SMILES string of the molecule is COC(Oc1ccc(C(=O)NS(=O)(=O)C(C)(F)F)cc1)C(C)(C)C. The number of methoxy groups -OCH3 is 1. The maximum atomic E-state index is 12.9. The number of carbonyl (C=O) groups excluding carboxylic acids is 1. The van der Waals surface area contributed by atoms with Crippen LogP contribution in [0, 0.1) is 5.41 Å². The standard InChI is InChI=1S/C15H21F2NO5S/c1-14(2,3)13(22-5)23-11-8-6-10(7-9-11)12(19)18-24(20,21)15(4,16)17/h6-9,13H,1-5H3,(H,18,19). The van der Waals surface area contributed by atoms with E-state index >= 15 is 0 Å². The molecule has 1 aromatic rings. The Kier molecular flexibility index (Phi) is 5.94. The second kappa shape index (κ2) is 7.02. The highest BCUT2D eigenvalue weighted by molar-refractivity contribution is 7.91. The van der Waals surface area contributed by atoms with E-state index < -0.39 is 27.5 Å². The van der Waals surface area contributed by atoms with Crippen LogP contribution in [0.5, 0.6) is 5.75 Å². The molecule has 0 aromatic heterocycles. The first-order valence-corrected chi connectivity index (χ1v) is 8.50. The van der Waals surface area contributed by atoms with Gasteiger partial charge in [-0.2, -0.15) is 8.78 Å². The van der Waals surface area contributed by atoms with E-state index in [0.717, 1.165) is 0 Å². The van der Waals surface area contributed by atoms with Crippen molar-refractivity contribution in [1.29, 1.82) is 0 Å². The van der Waals surface area contributed by atoms with Crippen LogP contribution in [0.25, 0.3) is 0 Å². The monoisotopic (exact) mass is 365 g/mol. The summed E-state index contributed by atoms with van der Waals surface area (Å²) in [6.07, 6.45) is -0.545. The maximum Gasteiger partial charge on any atom is 0.361 e. The lowest BCUT2D eigenvalue weighted by Gasteiger charge is -2.29. The lowest BCUT2D eigenvalue weighted by Crippen LogP contribution is -2.40. The van der Waals surface area contributed by atoms with Crippen molar-refractivity contribution in [3.63, 3.8) is 0 Å². The van der Waals surface area contributed by atoms with Gasteiger partial charge in [0.25, 0.3) is 5.91 Å². The van der Waals surface area contributed by atoms with Gasteiger partial charge in [-0.1, -0.05) is 20.8 Å². The Morgan fingerprint density at radius 1 is 1.12 bits per heavy atom. The van der Waals surface area contributed by atoms with Gasteiger partial charge in [-0.15, -0.1) is 0 Å². The summed E-state index contributed by atoms with van der Waals surface area (Å²) >= 11 is 0. The van der Waals surface area contributed by atoms with Gasteiger partial charge in [0.1, 0.15) is 5.75 Å². The van der Waals surface area contributed by atoms with E-state index in [2.05, 4.69) is 0 Å². The van der Waals surface area contributed by atoms with Crippen LogP contribution in [-0.4, -0.2) is 33.0 Å². The average molecular weight is 365 g/mol. The summed E-state index contributed by atoms with van der Waals surface area (Å²) < 4.78 is 60.5. The van der Waals surface area contributed by atoms with Crippen molar-refractivity contribution < 1.29 is 31.5 Å². The zero-order valence-corrected chi connectivity index (χ0v) is 14.9. The normalized spacial score (nSPS) is 14.1. The highest BCUT2D eigenvalue weighted by Gasteiger charge is 2.40. The molecule has 1 aromatic carbocycles. The average Bonchev–Trinajstić information content (AvgIpc) is 2.42. The number of carbonyl (C=O) groups is 1. The van der Waals surface area contributed by atoms with Crippen molar-refractivity contribution >= 4 is 15.9 Å². The van der Waals surface area contributed by atoms with Gasteiger partial charge in [-0.05, 0) is 24.3 Å². The fourth-order valence-corrected chi connectivity index (χ4v) is 2.20. The molecule has 0 bridgehead atoms. The van der Waals surface area contributed by atoms with Gasteiger partial charge in [-0.25, -0.2) is 13.1 Å². The van der Waals surface area contributed by atoms with E-state index in [9.17, 15) is 22.0 Å². The van der Waals surface area contributed by atoms with Crippen LogP contribution in [0.3, 0.4) is 0 Å². The topological polar surface area (TPSA) is 81.7 Å². The van der Waals surface area contributed by atoms with E-state index in [1.807, 2.05) is 20.8 Å². The van der Waals surface area contributed by atoms with Crippen molar-refractivity contribution in [1.82, 2.24) is 4.72 Å². The Bertz CT molecular complexity index is 675. The molecule has 0 aliphatic carbocycles. The molecule has 0 aliphatic heterocycles. The molecule has 24 heavy (non-hydrogen) atoms. The number of hydrogen-bond acceptors (Lipinski definition) is 5. The van der Waals surface area contributed by atoms with Crippen LogP contribution in [0.15, 0.2) is 24.3 Å². The number of rotatable bonds is 6. The van der Waals surface area contributed by atoms with Crippen molar-refractivity contribution in [2.24, 2.45) is 5.41 Å². The minimum atomic E-state index is -5.08. The van der Waals surface area contributed by atoms with Crippen LogP contribution >= 0.6 is 0 Å². The fraction of sp³-hybridized carbons (Fsp3) is 0.533. The molecule has 136 valence electrons. The second-order valence-electron chi connectivity index (χ2n) is 6.32. The summed E-state index contributed by atoms with van der Waals surface area (Å²) in [6.45, 7) is 5.94. The first-order chi connectivity index (χ1) is 10.8. The number of benzene rings is 1. The molecular formula is C15H21F2NO5S. The molecule has 0 fully saturated rings. The first-order valence-electron chi connectivity index (χ1n) is 7.02. The minimum Gasteiger partial charge on any atom is -0.464 e. The van der Waals surface area contributed by atoms with Gasteiger partial charge in [0, 0.05) is 25.0 Å². The minimum absolute atomic E-state index is 0.0973. The van der Waals surface area contributed by atoms with Gasteiger partial charge >= 0.3 is 15.3 Å². The molecule has 0 saturated carbocycles. The molecule has 0 aliphatic rings. The summed E-state index contributed by atoms with van der Waals surface area (Å²) in [5, 5.41) is -4.07. The molecule has 6 nitrogen and oxygen atoms in total. The number of nitrogens with one attached hydrogen (secondary N) is 1. The molecule has 1 rings (SSSR count). The van der Waals surface area contributed by atoms with E-state index in [1.165, 1.54) is 36.1 Å². The Morgan fingerprint density at radius 3 is 2.00 bits per heavy atom. The van der Waals surface area contributed by atoms with Crippen LogP contribution in [0.2, 0.25) is 0 Å². The molecule has 0 radical (unpaired) electrons. The largest absolute Gasteiger partial charge is 0.464 e. The maximum absolute atomic E-state index is 12.9. The number of ether oxygens (including phenoxy) is 2. The van der Waals surface area contributed by atoms with E-state index in [-0.39, 0.29) is 17.9 Å². The highest BCUT2D eigenvalue weighted by atomic mass is 32.2. The van der Waals surface area contributed by atoms with E-state index in [4.69, 9.17) is 9.47 Å². The summed E-state index contributed by atoms with van der Waals surface area (Å²) in [6, 6.07) is 5.37. The second-order valence-corrected chi connectivity index (χ2v) is 8.25. The number of alkyl halides is 2. The van der Waals surface area contributed by atoms with Crippen LogP contribution in [-0.2, 0) is 14.8 Å². The Balaban J connectivity index is 2.87. The molecule has 1 N–H and O–H groups in total. The fourth-order valence-electron chi connectivity index (χ4n) is 1.66. The molecule has 0 spiro atoms. The summed E-state index contributed by atoms with van der Waals surface area (Å²) in [4.78, 5) is 11.8. The summed E-state index contributed by atoms with van der Waals surface area (Å²) in [7, 11) is -3.59. The number of sulfonamides is 1. The van der Waals surface area contributed by atoms with Gasteiger partial charge in [0.2, 0.25) is 6.29 Å². The van der Waals surface area contributed by atoms with Crippen molar-refractivity contribution in [3.05, 3.63) is 29.8 Å². The molecule has 1 unspecified atom stereocenters. The summed E-state index contributed by atoms with van der Waals surface area (Å²) in [5.74, 6) is -0.765. The number of halogens is 2. The predicted octanol–water partition coefficient (Wildman–Crippen LogP) is 2.76. The lowest BCUT2D eigenvalue weighted by molar-refractivity contribution is -0.120. The number of amides is 1. The smallest absolute Gasteiger partial charge is 0.361 e. The van der Waals surface area contributed by atoms with E-state index in [0.29, 0.717) is 5.75 Å². The zero-order chi connectivity index (χ0) is 18.8. The third kappa shape index (κ3) is 5.13. The lowest BCUT2D eigenvalue weighted by atomic mass is 9.96. The Hall–Kier alpha value is -1.74. The highest BCUT2D eigenvalue weighted by Crippen LogP contribution is 2.25. The molecule has 1 amide bonds. The summed E-state index contributed by atoms with van der Waals surface area (Å²) in [5.41, 5.74) is -0.397. The zero-order valence-electron chi connectivity index (χ0n) is 14.1. The van der Waals surface area contributed by atoms with Crippen LogP contribution in [0.4, 0.5) is 8.78 Å². The quantitative estimate of drug-likeness (QED) is 0.784. The third-order valence-corrected chi connectivity index (χ3v) is 4.38. The molecule has 1 atom stereocenters. The number of hydrogen-bond donors (Lipinski definition) is 1. The van der Waals surface area contributed by atoms with Crippen molar-refractivity contribution in [2.75, 3.05) is 7.11 Å². The molecule has 9 heteroatoms. The predicted molar refractivity (Wildman–Crippen MR) is 84.3 cm³/mol.